The normalized spacial score (nSPS) is 11.0. The smallest absolute Gasteiger partial charge is 0.292 e. The fourth-order valence-corrected chi connectivity index (χ4v) is 2.30. The molecule has 0 radical (unpaired) electrons. The summed E-state index contributed by atoms with van der Waals surface area (Å²) in [4.78, 5) is 22.1. The van der Waals surface area contributed by atoms with Gasteiger partial charge in [-0.2, -0.15) is 0 Å². The van der Waals surface area contributed by atoms with Gasteiger partial charge in [0.25, 0.3) is 11.6 Å². The van der Waals surface area contributed by atoms with Gasteiger partial charge in [0.15, 0.2) is 9.84 Å². The summed E-state index contributed by atoms with van der Waals surface area (Å²) < 4.78 is 22.6. The third-order valence-corrected chi connectivity index (χ3v) is 4.57. The van der Waals surface area contributed by atoms with Gasteiger partial charge in [-0.25, -0.2) is 8.42 Å². The van der Waals surface area contributed by atoms with Crippen molar-refractivity contribution in [3.63, 3.8) is 0 Å². The van der Waals surface area contributed by atoms with Crippen LogP contribution in [0.1, 0.15) is 17.3 Å². The molecule has 0 fully saturated rings. The largest absolute Gasteiger partial charge is 0.383 e. The number of hydrogen-bond donors (Lipinski definition) is 2. The van der Waals surface area contributed by atoms with Crippen molar-refractivity contribution in [2.24, 2.45) is 0 Å². The quantitative estimate of drug-likeness (QED) is 0.567. The van der Waals surface area contributed by atoms with E-state index < -0.39 is 20.7 Å². The first-order valence-electron chi connectivity index (χ1n) is 6.25. The van der Waals surface area contributed by atoms with Crippen LogP contribution >= 0.6 is 0 Å². The molecule has 0 spiro atoms. The van der Waals surface area contributed by atoms with Crippen LogP contribution in [0, 0.1) is 10.1 Å². The number of carbonyl (C=O) groups is 1. The number of hydrogen-bond acceptors (Lipinski definition) is 6. The zero-order valence-corrected chi connectivity index (χ0v) is 12.6. The Morgan fingerprint density at radius 1 is 1.38 bits per heavy atom. The molecule has 21 heavy (non-hydrogen) atoms. The number of benzene rings is 1. The first kappa shape index (κ1) is 16.9. The molecule has 0 aliphatic carbocycles. The van der Waals surface area contributed by atoms with E-state index >= 15 is 0 Å². The number of carbonyl (C=O) groups excluding carboxylic acids is 1. The summed E-state index contributed by atoms with van der Waals surface area (Å²) in [6.07, 6.45) is 0. The van der Waals surface area contributed by atoms with Gasteiger partial charge in [-0.15, -0.1) is 0 Å². The van der Waals surface area contributed by atoms with E-state index in [2.05, 4.69) is 10.6 Å². The van der Waals surface area contributed by atoms with Crippen molar-refractivity contribution in [1.29, 1.82) is 0 Å². The molecule has 1 aromatic carbocycles. The van der Waals surface area contributed by atoms with Gasteiger partial charge in [0, 0.05) is 31.0 Å². The molecule has 1 aromatic rings. The summed E-state index contributed by atoms with van der Waals surface area (Å²) in [6, 6.07) is 3.90. The van der Waals surface area contributed by atoms with Crippen LogP contribution in [0.5, 0.6) is 0 Å². The van der Waals surface area contributed by atoms with Crippen molar-refractivity contribution in [1.82, 2.24) is 5.32 Å². The summed E-state index contributed by atoms with van der Waals surface area (Å²) in [6.45, 7) is 1.54. The number of sulfone groups is 1. The molecule has 0 heterocycles. The molecule has 0 aliphatic heterocycles. The fraction of sp³-hybridized carbons (Fsp3) is 0.417. The Hall–Kier alpha value is -2.16. The molecule has 0 aliphatic rings. The van der Waals surface area contributed by atoms with Crippen LogP contribution in [-0.4, -0.2) is 44.3 Å². The van der Waals surface area contributed by atoms with Gasteiger partial charge >= 0.3 is 0 Å². The molecule has 1 rings (SSSR count). The van der Waals surface area contributed by atoms with E-state index in [1.54, 1.807) is 0 Å². The van der Waals surface area contributed by atoms with E-state index in [0.717, 1.165) is 0 Å². The highest BCUT2D eigenvalue weighted by molar-refractivity contribution is 7.91. The second-order valence-corrected chi connectivity index (χ2v) is 6.70. The summed E-state index contributed by atoms with van der Waals surface area (Å²) >= 11 is 0. The Bertz CT molecular complexity index is 642. The van der Waals surface area contributed by atoms with Gasteiger partial charge in [-0.3, -0.25) is 14.9 Å². The van der Waals surface area contributed by atoms with E-state index in [1.807, 2.05) is 0 Å². The lowest BCUT2D eigenvalue weighted by molar-refractivity contribution is -0.383. The van der Waals surface area contributed by atoms with Gasteiger partial charge in [-0.1, -0.05) is 6.92 Å². The monoisotopic (exact) mass is 315 g/mol. The van der Waals surface area contributed by atoms with Crippen molar-refractivity contribution < 1.29 is 18.1 Å². The molecular formula is C12H17N3O5S. The third-order valence-electron chi connectivity index (χ3n) is 2.86. The summed E-state index contributed by atoms with van der Waals surface area (Å²) in [5.74, 6) is -0.599. The fourth-order valence-electron chi connectivity index (χ4n) is 1.60. The lowest BCUT2D eigenvalue weighted by atomic mass is 10.1. The molecule has 0 aromatic heterocycles. The van der Waals surface area contributed by atoms with Gasteiger partial charge in [0.2, 0.25) is 0 Å². The average Bonchev–Trinajstić information content (AvgIpc) is 2.46. The van der Waals surface area contributed by atoms with E-state index in [4.69, 9.17) is 0 Å². The maximum Gasteiger partial charge on any atom is 0.292 e. The van der Waals surface area contributed by atoms with E-state index in [9.17, 15) is 23.3 Å². The Labute approximate surface area is 122 Å². The first-order chi connectivity index (χ1) is 9.80. The van der Waals surface area contributed by atoms with Crippen molar-refractivity contribution in [3.05, 3.63) is 33.9 Å². The van der Waals surface area contributed by atoms with Crippen molar-refractivity contribution in [3.8, 4) is 0 Å². The summed E-state index contributed by atoms with van der Waals surface area (Å²) in [7, 11) is -1.63. The number of nitrogens with one attached hydrogen (secondary N) is 2. The average molecular weight is 315 g/mol. The summed E-state index contributed by atoms with van der Waals surface area (Å²) in [5, 5.41) is 15.9. The van der Waals surface area contributed by atoms with Crippen molar-refractivity contribution in [2.45, 2.75) is 6.92 Å². The molecule has 0 atom stereocenters. The zero-order chi connectivity index (χ0) is 16.0. The molecule has 0 saturated heterocycles. The predicted octanol–water partition coefficient (Wildman–Crippen LogP) is 0.801. The first-order valence-corrected chi connectivity index (χ1v) is 8.07. The lowest BCUT2D eigenvalue weighted by Gasteiger charge is -2.07. The third kappa shape index (κ3) is 4.71. The van der Waals surface area contributed by atoms with E-state index in [1.165, 1.54) is 32.2 Å². The zero-order valence-electron chi connectivity index (χ0n) is 11.8. The predicted molar refractivity (Wildman–Crippen MR) is 79.3 cm³/mol. The van der Waals surface area contributed by atoms with Gasteiger partial charge in [0.1, 0.15) is 5.69 Å². The van der Waals surface area contributed by atoms with Crippen LogP contribution in [0.3, 0.4) is 0 Å². The Morgan fingerprint density at radius 2 is 2.05 bits per heavy atom. The highest BCUT2D eigenvalue weighted by atomic mass is 32.2. The van der Waals surface area contributed by atoms with E-state index in [-0.39, 0.29) is 35.0 Å². The van der Waals surface area contributed by atoms with Crippen LogP contribution in [0.25, 0.3) is 0 Å². The number of nitro benzene ring substituents is 1. The van der Waals surface area contributed by atoms with Crippen LogP contribution in [0.15, 0.2) is 18.2 Å². The second kappa shape index (κ2) is 7.02. The topological polar surface area (TPSA) is 118 Å². The Morgan fingerprint density at radius 3 is 2.57 bits per heavy atom. The van der Waals surface area contributed by atoms with Crippen LogP contribution in [0.4, 0.5) is 11.4 Å². The maximum absolute atomic E-state index is 11.9. The number of amides is 1. The second-order valence-electron chi connectivity index (χ2n) is 4.23. The maximum atomic E-state index is 11.9. The molecule has 2 N–H and O–H groups in total. The molecule has 9 heteroatoms. The minimum absolute atomic E-state index is 0.000874. The minimum atomic E-state index is -3.14. The number of rotatable bonds is 7. The molecule has 0 saturated carbocycles. The number of nitrogens with zero attached hydrogens (tertiary/aromatic N) is 1. The highest BCUT2D eigenvalue weighted by Gasteiger charge is 2.16. The van der Waals surface area contributed by atoms with Crippen molar-refractivity contribution >= 4 is 27.1 Å². The molecule has 0 unspecified atom stereocenters. The number of anilines is 1. The summed E-state index contributed by atoms with van der Waals surface area (Å²) in [5.41, 5.74) is 0.301. The SMILES string of the molecule is CCS(=O)(=O)CCNC(=O)c1ccc([N+](=O)[O-])c(NC)c1. The molecule has 0 bridgehead atoms. The Kier molecular flexibility index (Phi) is 5.65. The standard InChI is InChI=1S/C12H17N3O5S/c1-3-21(19,20)7-6-14-12(16)9-4-5-11(15(17)18)10(8-9)13-2/h4-5,8,13H,3,6-7H2,1-2H3,(H,14,16). The van der Waals surface area contributed by atoms with E-state index in [0.29, 0.717) is 0 Å². The van der Waals surface area contributed by atoms with Crippen LogP contribution in [0.2, 0.25) is 0 Å². The molecular weight excluding hydrogens is 298 g/mol. The van der Waals surface area contributed by atoms with Gasteiger partial charge in [-0.05, 0) is 12.1 Å². The van der Waals surface area contributed by atoms with Crippen LogP contribution in [-0.2, 0) is 9.84 Å². The minimum Gasteiger partial charge on any atom is -0.383 e. The van der Waals surface area contributed by atoms with Crippen molar-refractivity contribution in [2.75, 3.05) is 30.4 Å². The molecule has 116 valence electrons. The molecule has 8 nitrogen and oxygen atoms in total. The molecule has 1 amide bonds. The lowest BCUT2D eigenvalue weighted by Crippen LogP contribution is -2.29. The van der Waals surface area contributed by atoms with Gasteiger partial charge in [0.05, 0.1) is 10.7 Å². The van der Waals surface area contributed by atoms with Gasteiger partial charge < -0.3 is 10.6 Å². The van der Waals surface area contributed by atoms with Crippen LogP contribution < -0.4 is 10.6 Å². The Balaban J connectivity index is 2.77. The highest BCUT2D eigenvalue weighted by Crippen LogP contribution is 2.24. The number of nitro groups is 1.